The first-order valence-electron chi connectivity index (χ1n) is 11.0. The Bertz CT molecular complexity index is 759. The van der Waals surface area contributed by atoms with Gasteiger partial charge in [0.15, 0.2) is 5.82 Å². The molecule has 1 aromatic rings. The van der Waals surface area contributed by atoms with Crippen LogP contribution in [0.4, 0.5) is 11.8 Å². The molecular formula is C21H31N4O3S+. The Labute approximate surface area is 175 Å². The largest absolute Gasteiger partial charge is 0.458 e. The number of nitrogens with zero attached hydrogens (tertiary/aromatic N) is 3. The number of carbonyl (C=O) groups is 1. The van der Waals surface area contributed by atoms with Crippen molar-refractivity contribution in [2.45, 2.75) is 62.0 Å². The molecule has 0 radical (unpaired) electrons. The summed E-state index contributed by atoms with van der Waals surface area (Å²) in [4.78, 5) is 25.6. The molecule has 8 heteroatoms. The van der Waals surface area contributed by atoms with Crippen LogP contribution in [0, 0.1) is 5.92 Å². The summed E-state index contributed by atoms with van der Waals surface area (Å²) >= 11 is 0. The summed E-state index contributed by atoms with van der Waals surface area (Å²) in [5.41, 5.74) is 1.20. The maximum Gasteiger partial charge on any atom is 0.309 e. The van der Waals surface area contributed by atoms with Crippen molar-refractivity contribution < 1.29 is 14.3 Å². The van der Waals surface area contributed by atoms with Gasteiger partial charge < -0.3 is 19.7 Å². The number of hydrogen-bond acceptors (Lipinski definition) is 7. The van der Waals surface area contributed by atoms with Crippen LogP contribution in [0.3, 0.4) is 0 Å². The summed E-state index contributed by atoms with van der Waals surface area (Å²) < 4.78 is 11.2. The molecule has 1 N–H and O–H groups in total. The van der Waals surface area contributed by atoms with E-state index >= 15 is 0 Å². The minimum Gasteiger partial charge on any atom is -0.458 e. The van der Waals surface area contributed by atoms with Crippen LogP contribution in [0.5, 0.6) is 0 Å². The van der Waals surface area contributed by atoms with Gasteiger partial charge in [-0.15, -0.1) is 0 Å². The van der Waals surface area contributed by atoms with Crippen molar-refractivity contribution in [3.63, 3.8) is 0 Å². The van der Waals surface area contributed by atoms with E-state index in [1.807, 2.05) is 0 Å². The monoisotopic (exact) mass is 419 g/mol. The molecule has 158 valence electrons. The zero-order valence-electron chi connectivity index (χ0n) is 17.2. The van der Waals surface area contributed by atoms with E-state index in [1.54, 1.807) is 0 Å². The summed E-state index contributed by atoms with van der Waals surface area (Å²) in [5, 5.41) is 3.70. The predicted octanol–water partition coefficient (Wildman–Crippen LogP) is 2.15. The molecule has 1 unspecified atom stereocenters. The quantitative estimate of drug-likeness (QED) is 0.579. The van der Waals surface area contributed by atoms with Crippen molar-refractivity contribution in [3.05, 3.63) is 5.69 Å². The third-order valence-corrected chi connectivity index (χ3v) is 8.52. The van der Waals surface area contributed by atoms with Gasteiger partial charge in [0.25, 0.3) is 0 Å². The average molecular weight is 420 g/mol. The number of fused-ring (bicyclic) bond motifs is 1. The van der Waals surface area contributed by atoms with E-state index in [0.717, 1.165) is 75.7 Å². The Balaban J connectivity index is 1.26. The Hall–Kier alpha value is -1.54. The number of hydrogen-bond donors (Lipinski definition) is 1. The summed E-state index contributed by atoms with van der Waals surface area (Å²) in [6.07, 6.45) is 9.64. The van der Waals surface area contributed by atoms with E-state index in [4.69, 9.17) is 19.4 Å². The van der Waals surface area contributed by atoms with E-state index < -0.39 is 0 Å². The minimum atomic E-state index is -0.0207. The molecule has 1 saturated carbocycles. The van der Waals surface area contributed by atoms with Gasteiger partial charge in [-0.1, -0.05) is 12.8 Å². The van der Waals surface area contributed by atoms with Gasteiger partial charge >= 0.3 is 5.97 Å². The summed E-state index contributed by atoms with van der Waals surface area (Å²) in [7, 11) is 0.208. The van der Waals surface area contributed by atoms with Gasteiger partial charge in [0.1, 0.15) is 23.8 Å². The standard InChI is InChI=1S/C21H31N4O3S/c1-29-11-8-17-18(29)19(22-15-6-9-27-10-7-15)24-21(23-17)25-12-16(13-25)28-20(26)14-4-2-3-5-14/h14-16H,2-13H2,1H3,(H,22,23,24)/q+1. The van der Waals surface area contributed by atoms with Crippen molar-refractivity contribution >= 4 is 28.6 Å². The van der Waals surface area contributed by atoms with Crippen molar-refractivity contribution in [1.82, 2.24) is 9.97 Å². The molecule has 4 aliphatic rings. The Morgan fingerprint density at radius 1 is 1.17 bits per heavy atom. The van der Waals surface area contributed by atoms with Gasteiger partial charge in [-0.05, 0) is 25.7 Å². The topological polar surface area (TPSA) is 76.6 Å². The Morgan fingerprint density at radius 3 is 2.69 bits per heavy atom. The zero-order chi connectivity index (χ0) is 19.8. The zero-order valence-corrected chi connectivity index (χ0v) is 18.0. The predicted molar refractivity (Wildman–Crippen MR) is 114 cm³/mol. The van der Waals surface area contributed by atoms with E-state index in [0.29, 0.717) is 19.1 Å². The number of carbonyl (C=O) groups excluding carboxylic acids is 1. The number of esters is 1. The number of nitrogens with one attached hydrogen (secondary N) is 1. The highest BCUT2D eigenvalue weighted by atomic mass is 32.2. The number of rotatable bonds is 5. The second-order valence-corrected chi connectivity index (χ2v) is 10.8. The molecule has 3 aliphatic heterocycles. The molecule has 0 amide bonds. The van der Waals surface area contributed by atoms with Crippen molar-refractivity contribution in [1.29, 1.82) is 0 Å². The Morgan fingerprint density at radius 2 is 1.93 bits per heavy atom. The van der Waals surface area contributed by atoms with Crippen molar-refractivity contribution in [3.8, 4) is 0 Å². The second-order valence-electron chi connectivity index (χ2n) is 8.72. The van der Waals surface area contributed by atoms with Crippen LogP contribution in [0.2, 0.25) is 0 Å². The normalized spacial score (nSPS) is 25.7. The lowest BCUT2D eigenvalue weighted by molar-refractivity contribution is -0.155. The fourth-order valence-electron chi connectivity index (χ4n) is 4.74. The van der Waals surface area contributed by atoms with Crippen LogP contribution in [0.25, 0.3) is 0 Å². The molecule has 0 aromatic carbocycles. The third kappa shape index (κ3) is 4.06. The number of aromatic nitrogens is 2. The maximum absolute atomic E-state index is 12.3. The highest BCUT2D eigenvalue weighted by Crippen LogP contribution is 2.35. The van der Waals surface area contributed by atoms with Gasteiger partial charge in [-0.25, -0.2) is 4.98 Å². The molecule has 3 fully saturated rings. The average Bonchev–Trinajstić information content (AvgIpc) is 3.35. The van der Waals surface area contributed by atoms with Gasteiger partial charge in [0.2, 0.25) is 10.8 Å². The Kier molecular flexibility index (Phi) is 5.56. The van der Waals surface area contributed by atoms with Crippen LogP contribution < -0.4 is 10.2 Å². The van der Waals surface area contributed by atoms with Crippen LogP contribution in [0.1, 0.15) is 44.2 Å². The minimum absolute atomic E-state index is 0.00100. The lowest BCUT2D eigenvalue weighted by Crippen LogP contribution is -2.54. The van der Waals surface area contributed by atoms with Gasteiger partial charge in [0.05, 0.1) is 19.0 Å². The molecule has 29 heavy (non-hydrogen) atoms. The molecule has 2 saturated heterocycles. The maximum atomic E-state index is 12.3. The second kappa shape index (κ2) is 8.30. The molecule has 0 spiro atoms. The molecular weight excluding hydrogens is 388 g/mol. The molecule has 7 nitrogen and oxygen atoms in total. The molecule has 4 heterocycles. The molecule has 1 aromatic heterocycles. The van der Waals surface area contributed by atoms with Crippen LogP contribution in [0.15, 0.2) is 4.90 Å². The van der Waals surface area contributed by atoms with Gasteiger partial charge in [0, 0.05) is 36.6 Å². The molecule has 0 bridgehead atoms. The summed E-state index contributed by atoms with van der Waals surface area (Å²) in [5.74, 6) is 3.09. The highest BCUT2D eigenvalue weighted by Gasteiger charge is 2.39. The lowest BCUT2D eigenvalue weighted by Gasteiger charge is -2.39. The SMILES string of the molecule is C[S+]1CCc2nc(N3CC(OC(=O)C4CCCC4)C3)nc(NC3CCOCC3)c21. The molecule has 1 atom stereocenters. The number of ether oxygens (including phenoxy) is 2. The third-order valence-electron chi connectivity index (χ3n) is 6.58. The first kappa shape index (κ1) is 19.4. The molecule has 5 rings (SSSR count). The number of anilines is 2. The number of aryl methyl sites for hydroxylation is 1. The van der Waals surface area contributed by atoms with Crippen LogP contribution >= 0.6 is 0 Å². The first-order chi connectivity index (χ1) is 14.2. The smallest absolute Gasteiger partial charge is 0.309 e. The van der Waals surface area contributed by atoms with E-state index in [9.17, 15) is 4.79 Å². The molecule has 1 aliphatic carbocycles. The first-order valence-corrected chi connectivity index (χ1v) is 12.8. The van der Waals surface area contributed by atoms with Gasteiger partial charge in [-0.3, -0.25) is 4.79 Å². The lowest BCUT2D eigenvalue weighted by atomic mass is 10.1. The van der Waals surface area contributed by atoms with Crippen LogP contribution in [-0.4, -0.2) is 66.4 Å². The van der Waals surface area contributed by atoms with Crippen molar-refractivity contribution in [2.75, 3.05) is 48.5 Å². The highest BCUT2D eigenvalue weighted by molar-refractivity contribution is 7.96. The fraction of sp³-hybridized carbons (Fsp3) is 0.762. The fourth-order valence-corrected chi connectivity index (χ4v) is 6.43. The van der Waals surface area contributed by atoms with Crippen LogP contribution in [-0.2, 0) is 31.6 Å². The van der Waals surface area contributed by atoms with E-state index in [1.165, 1.54) is 10.6 Å². The summed E-state index contributed by atoms with van der Waals surface area (Å²) in [6, 6.07) is 0.421. The summed E-state index contributed by atoms with van der Waals surface area (Å²) in [6.45, 7) is 3.03. The van der Waals surface area contributed by atoms with E-state index in [-0.39, 0.29) is 28.9 Å². The van der Waals surface area contributed by atoms with Crippen molar-refractivity contribution in [2.24, 2.45) is 5.92 Å². The van der Waals surface area contributed by atoms with Gasteiger partial charge in [-0.2, -0.15) is 4.98 Å². The van der Waals surface area contributed by atoms with E-state index in [2.05, 4.69) is 16.5 Å².